The average Bonchev–Trinajstić information content (AvgIpc) is 3.45. The number of hydrogen-bond donors (Lipinski definition) is 2. The average molecular weight is 482 g/mol. The van der Waals surface area contributed by atoms with Crippen molar-refractivity contribution >= 4 is 45.6 Å². The number of hydrogen-bond acceptors (Lipinski definition) is 6. The molecule has 2 aromatic carbocycles. The molecule has 0 saturated carbocycles. The van der Waals surface area contributed by atoms with Gasteiger partial charge in [-0.05, 0) is 55.0 Å². The van der Waals surface area contributed by atoms with Gasteiger partial charge < -0.3 is 10.2 Å². The first-order valence-corrected chi connectivity index (χ1v) is 11.8. The van der Waals surface area contributed by atoms with Gasteiger partial charge in [0.15, 0.2) is 0 Å². The molecule has 1 atom stereocenters. The number of rotatable bonds is 8. The summed E-state index contributed by atoms with van der Waals surface area (Å²) in [6.45, 7) is 2.44. The van der Waals surface area contributed by atoms with Crippen molar-refractivity contribution in [3.63, 3.8) is 0 Å². The Hall–Kier alpha value is -3.66. The van der Waals surface area contributed by atoms with Gasteiger partial charge in [-0.2, -0.15) is 0 Å². The first-order valence-electron chi connectivity index (χ1n) is 11.0. The first-order chi connectivity index (χ1) is 16.4. The molecule has 2 heterocycles. The number of benzene rings is 2. The Labute approximate surface area is 200 Å². The molecule has 4 rings (SSSR count). The number of halogens is 1. The van der Waals surface area contributed by atoms with E-state index in [9.17, 15) is 18.8 Å². The molecule has 1 aliphatic rings. The van der Waals surface area contributed by atoms with Crippen LogP contribution in [0.1, 0.15) is 53.9 Å². The second kappa shape index (κ2) is 10.5. The first kappa shape index (κ1) is 23.5. The van der Waals surface area contributed by atoms with E-state index < -0.39 is 0 Å². The minimum absolute atomic E-state index is 0.0520. The molecule has 0 spiro atoms. The molecular weight excluding hydrogens is 457 g/mol. The fraction of sp³-hybridized carbons (Fsp3) is 0.292. The molecular formula is C24H24FN5O3S. The monoisotopic (exact) mass is 481 g/mol. The van der Waals surface area contributed by atoms with Crippen LogP contribution in [0.15, 0.2) is 48.5 Å². The van der Waals surface area contributed by atoms with Crippen LogP contribution in [0.5, 0.6) is 0 Å². The highest BCUT2D eigenvalue weighted by atomic mass is 32.1. The normalized spacial score (nSPS) is 15.4. The zero-order valence-electron chi connectivity index (χ0n) is 18.6. The van der Waals surface area contributed by atoms with E-state index in [2.05, 4.69) is 20.8 Å². The molecule has 1 fully saturated rings. The van der Waals surface area contributed by atoms with Gasteiger partial charge >= 0.3 is 0 Å². The van der Waals surface area contributed by atoms with Crippen molar-refractivity contribution in [3.8, 4) is 0 Å². The number of nitrogens with one attached hydrogen (secondary N) is 2. The molecule has 1 aromatic heterocycles. The van der Waals surface area contributed by atoms with Crippen LogP contribution in [0.3, 0.4) is 0 Å². The van der Waals surface area contributed by atoms with Gasteiger partial charge in [-0.25, -0.2) is 4.39 Å². The zero-order valence-corrected chi connectivity index (χ0v) is 19.4. The largest absolute Gasteiger partial charge is 0.326 e. The fourth-order valence-corrected chi connectivity index (χ4v) is 4.46. The SMILES string of the molecule is CCCCC(=O)Nc1ccc(C(=O)Nc2nnc(C3CC(=O)N(c4ccc(F)cc4)C3)s2)cc1. The summed E-state index contributed by atoms with van der Waals surface area (Å²) in [5.41, 5.74) is 1.69. The lowest BCUT2D eigenvalue weighted by molar-refractivity contribution is -0.117. The third-order valence-electron chi connectivity index (χ3n) is 5.46. The molecule has 3 amide bonds. The van der Waals surface area contributed by atoms with E-state index >= 15 is 0 Å². The summed E-state index contributed by atoms with van der Waals surface area (Å²) in [7, 11) is 0. The molecule has 1 saturated heterocycles. The molecule has 0 aliphatic carbocycles. The van der Waals surface area contributed by atoms with Crippen molar-refractivity contribution in [1.82, 2.24) is 10.2 Å². The Balaban J connectivity index is 1.34. The summed E-state index contributed by atoms with van der Waals surface area (Å²) in [5.74, 6) is -0.982. The maximum atomic E-state index is 13.2. The van der Waals surface area contributed by atoms with E-state index in [0.29, 0.717) is 40.0 Å². The van der Waals surface area contributed by atoms with Crippen LogP contribution in [0.25, 0.3) is 0 Å². The smallest absolute Gasteiger partial charge is 0.257 e. The summed E-state index contributed by atoms with van der Waals surface area (Å²) < 4.78 is 13.2. The highest BCUT2D eigenvalue weighted by Crippen LogP contribution is 2.34. The Kier molecular flexibility index (Phi) is 7.27. The summed E-state index contributed by atoms with van der Waals surface area (Å²) in [5, 5.41) is 14.7. The van der Waals surface area contributed by atoms with Crippen molar-refractivity contribution in [2.45, 2.75) is 38.5 Å². The van der Waals surface area contributed by atoms with Gasteiger partial charge in [-0.15, -0.1) is 10.2 Å². The molecule has 176 valence electrons. The van der Waals surface area contributed by atoms with Gasteiger partial charge in [-0.1, -0.05) is 24.7 Å². The van der Waals surface area contributed by atoms with E-state index in [1.165, 1.54) is 23.5 Å². The molecule has 1 unspecified atom stereocenters. The number of carbonyl (C=O) groups excluding carboxylic acids is 3. The minimum atomic E-state index is -0.359. The quantitative estimate of drug-likeness (QED) is 0.490. The number of anilines is 3. The van der Waals surface area contributed by atoms with Crippen LogP contribution in [0.4, 0.5) is 20.9 Å². The Morgan fingerprint density at radius 3 is 2.53 bits per heavy atom. The molecule has 1 aliphatic heterocycles. The topological polar surface area (TPSA) is 104 Å². The van der Waals surface area contributed by atoms with E-state index in [1.807, 2.05) is 6.92 Å². The lowest BCUT2D eigenvalue weighted by atomic mass is 10.1. The summed E-state index contributed by atoms with van der Waals surface area (Å²) >= 11 is 1.22. The van der Waals surface area contributed by atoms with Crippen LogP contribution in [0, 0.1) is 5.82 Å². The lowest BCUT2D eigenvalue weighted by Crippen LogP contribution is -2.24. The Morgan fingerprint density at radius 2 is 1.82 bits per heavy atom. The third kappa shape index (κ3) is 5.63. The lowest BCUT2D eigenvalue weighted by Gasteiger charge is -2.16. The number of unbranched alkanes of at least 4 members (excludes halogenated alkanes) is 1. The van der Waals surface area contributed by atoms with Crippen molar-refractivity contribution in [1.29, 1.82) is 0 Å². The van der Waals surface area contributed by atoms with Crippen molar-refractivity contribution in [2.24, 2.45) is 0 Å². The van der Waals surface area contributed by atoms with Gasteiger partial charge in [0.25, 0.3) is 5.91 Å². The highest BCUT2D eigenvalue weighted by molar-refractivity contribution is 7.15. The van der Waals surface area contributed by atoms with E-state index in [-0.39, 0.29) is 35.9 Å². The molecule has 10 heteroatoms. The third-order valence-corrected chi connectivity index (χ3v) is 6.46. The van der Waals surface area contributed by atoms with Crippen LogP contribution >= 0.6 is 11.3 Å². The second-order valence-corrected chi connectivity index (χ2v) is 9.02. The van der Waals surface area contributed by atoms with Crippen LogP contribution in [-0.2, 0) is 9.59 Å². The molecule has 3 aromatic rings. The maximum absolute atomic E-state index is 13.2. The zero-order chi connectivity index (χ0) is 24.1. The van der Waals surface area contributed by atoms with Gasteiger partial charge in [0.05, 0.1) is 0 Å². The van der Waals surface area contributed by atoms with Crippen LogP contribution < -0.4 is 15.5 Å². The van der Waals surface area contributed by atoms with Gasteiger partial charge in [0.1, 0.15) is 10.8 Å². The Bertz CT molecular complexity index is 1180. The standard InChI is InChI=1S/C24H24FN5O3S/c1-2-3-4-20(31)26-18-9-5-15(6-10-18)22(33)27-24-29-28-23(34-24)16-13-21(32)30(14-16)19-11-7-17(25)8-12-19/h5-12,16H,2-4,13-14H2,1H3,(H,26,31)(H,27,29,33). The summed E-state index contributed by atoms with van der Waals surface area (Å²) in [6.07, 6.45) is 2.51. The molecule has 2 N–H and O–H groups in total. The Morgan fingerprint density at radius 1 is 1.09 bits per heavy atom. The second-order valence-electron chi connectivity index (χ2n) is 8.01. The molecule has 0 bridgehead atoms. The van der Waals surface area contributed by atoms with Gasteiger partial charge in [0, 0.05) is 42.2 Å². The van der Waals surface area contributed by atoms with Crippen molar-refractivity contribution in [3.05, 3.63) is 64.9 Å². The fourth-order valence-electron chi connectivity index (χ4n) is 3.63. The van der Waals surface area contributed by atoms with Crippen LogP contribution in [0.2, 0.25) is 0 Å². The molecule has 8 nitrogen and oxygen atoms in total. The maximum Gasteiger partial charge on any atom is 0.257 e. The summed E-state index contributed by atoms with van der Waals surface area (Å²) in [4.78, 5) is 38.5. The predicted molar refractivity (Wildman–Crippen MR) is 129 cm³/mol. The van der Waals surface area contributed by atoms with E-state index in [4.69, 9.17) is 0 Å². The molecule has 0 radical (unpaired) electrons. The minimum Gasteiger partial charge on any atom is -0.326 e. The molecule has 34 heavy (non-hydrogen) atoms. The van der Waals surface area contributed by atoms with Gasteiger partial charge in [-0.3, -0.25) is 19.7 Å². The van der Waals surface area contributed by atoms with Gasteiger partial charge in [0.2, 0.25) is 16.9 Å². The number of aromatic nitrogens is 2. The number of nitrogens with zero attached hydrogens (tertiary/aromatic N) is 3. The van der Waals surface area contributed by atoms with Crippen molar-refractivity contribution in [2.75, 3.05) is 22.1 Å². The van der Waals surface area contributed by atoms with E-state index in [0.717, 1.165) is 12.8 Å². The van der Waals surface area contributed by atoms with Crippen LogP contribution in [-0.4, -0.2) is 34.5 Å². The van der Waals surface area contributed by atoms with Crippen molar-refractivity contribution < 1.29 is 18.8 Å². The highest BCUT2D eigenvalue weighted by Gasteiger charge is 2.34. The predicted octanol–water partition coefficient (Wildman–Crippen LogP) is 4.58. The van der Waals surface area contributed by atoms with E-state index in [1.54, 1.807) is 41.3 Å². The number of carbonyl (C=O) groups is 3. The number of amides is 3. The summed E-state index contributed by atoms with van der Waals surface area (Å²) in [6, 6.07) is 12.4.